The Balaban J connectivity index is 1.36. The molecule has 6 nitrogen and oxygen atoms in total. The minimum Gasteiger partial charge on any atom is -0.492 e. The van der Waals surface area contributed by atoms with Crippen molar-refractivity contribution in [3.05, 3.63) is 81.8 Å². The van der Waals surface area contributed by atoms with Crippen LogP contribution in [0.5, 0.6) is 11.5 Å². The Kier molecular flexibility index (Phi) is 7.60. The number of hydrogen-bond donors (Lipinski definition) is 1. The third-order valence-corrected chi connectivity index (χ3v) is 6.01. The fraction of sp³-hybridized carbons (Fsp3) is 0.231. The maximum absolute atomic E-state index is 12.6. The molecule has 0 saturated heterocycles. The predicted molar refractivity (Wildman–Crippen MR) is 134 cm³/mol. The molecule has 0 aromatic heterocycles. The van der Waals surface area contributed by atoms with Crippen molar-refractivity contribution in [1.29, 1.82) is 0 Å². The lowest BCUT2D eigenvalue weighted by molar-refractivity contribution is -0.121. The van der Waals surface area contributed by atoms with Crippen LogP contribution < -0.4 is 19.7 Å². The summed E-state index contributed by atoms with van der Waals surface area (Å²) in [5, 5.41) is 3.85. The van der Waals surface area contributed by atoms with E-state index in [0.29, 0.717) is 52.5 Å². The van der Waals surface area contributed by atoms with Gasteiger partial charge in [-0.2, -0.15) is 0 Å². The molecular weight excluding hydrogens is 475 g/mol. The van der Waals surface area contributed by atoms with Crippen LogP contribution in [0.4, 0.5) is 11.4 Å². The summed E-state index contributed by atoms with van der Waals surface area (Å²) < 4.78 is 11.2. The third-order valence-electron chi connectivity index (χ3n) is 5.48. The lowest BCUT2D eigenvalue weighted by Crippen LogP contribution is -2.38. The van der Waals surface area contributed by atoms with Gasteiger partial charge in [0.2, 0.25) is 5.91 Å². The van der Waals surface area contributed by atoms with Crippen molar-refractivity contribution in [3.8, 4) is 11.5 Å². The maximum Gasteiger partial charge on any atom is 0.265 e. The summed E-state index contributed by atoms with van der Waals surface area (Å²) in [6.07, 6.45) is 0.779. The second-order valence-corrected chi connectivity index (χ2v) is 8.80. The third kappa shape index (κ3) is 5.82. The van der Waals surface area contributed by atoms with Crippen molar-refractivity contribution in [1.82, 2.24) is 0 Å². The van der Waals surface area contributed by atoms with Gasteiger partial charge in [-0.1, -0.05) is 47.5 Å². The van der Waals surface area contributed by atoms with E-state index in [9.17, 15) is 9.59 Å². The number of carbonyl (C=O) groups excluding carboxylic acids is 2. The first-order chi connectivity index (χ1) is 16.4. The minimum absolute atomic E-state index is 0.0117. The van der Waals surface area contributed by atoms with Gasteiger partial charge >= 0.3 is 0 Å². The van der Waals surface area contributed by atoms with Gasteiger partial charge in [-0.15, -0.1) is 0 Å². The van der Waals surface area contributed by atoms with E-state index in [1.54, 1.807) is 41.3 Å². The molecule has 3 aromatic rings. The number of nitrogens with zero attached hydrogens (tertiary/aromatic N) is 1. The number of carbonyl (C=O) groups is 2. The molecule has 0 unspecified atom stereocenters. The summed E-state index contributed by atoms with van der Waals surface area (Å²) in [7, 11) is 0. The molecule has 1 aliphatic rings. The lowest BCUT2D eigenvalue weighted by atomic mass is 10.1. The Morgan fingerprint density at radius 1 is 1.12 bits per heavy atom. The van der Waals surface area contributed by atoms with Gasteiger partial charge in [0.15, 0.2) is 6.61 Å². The highest BCUT2D eigenvalue weighted by atomic mass is 35.5. The lowest BCUT2D eigenvalue weighted by Gasteiger charge is -2.30. The van der Waals surface area contributed by atoms with Gasteiger partial charge in [-0.25, -0.2) is 0 Å². The molecular formula is C26H24Cl2N2O4. The van der Waals surface area contributed by atoms with E-state index in [4.69, 9.17) is 32.7 Å². The molecule has 3 aromatic carbocycles. The van der Waals surface area contributed by atoms with Gasteiger partial charge in [0.05, 0.1) is 23.9 Å². The van der Waals surface area contributed by atoms with Gasteiger partial charge in [-0.3, -0.25) is 9.59 Å². The van der Waals surface area contributed by atoms with Crippen molar-refractivity contribution >= 4 is 46.4 Å². The van der Waals surface area contributed by atoms with E-state index >= 15 is 0 Å². The zero-order valence-electron chi connectivity index (χ0n) is 18.6. The monoisotopic (exact) mass is 498 g/mol. The van der Waals surface area contributed by atoms with Crippen LogP contribution in [0.1, 0.15) is 24.0 Å². The summed E-state index contributed by atoms with van der Waals surface area (Å²) in [5.74, 6) is 0.857. The topological polar surface area (TPSA) is 67.9 Å². The average Bonchev–Trinajstić information content (AvgIpc) is 2.81. The first kappa shape index (κ1) is 23.9. The zero-order valence-corrected chi connectivity index (χ0v) is 20.2. The Hall–Kier alpha value is -3.22. The molecule has 0 bridgehead atoms. The second-order valence-electron chi connectivity index (χ2n) is 7.95. The molecule has 1 aliphatic heterocycles. The predicted octanol–water partition coefficient (Wildman–Crippen LogP) is 6.03. The van der Waals surface area contributed by atoms with Crippen LogP contribution in [0.25, 0.3) is 0 Å². The van der Waals surface area contributed by atoms with Gasteiger partial charge in [0.25, 0.3) is 5.91 Å². The zero-order chi connectivity index (χ0) is 24.1. The number of halogens is 2. The largest absolute Gasteiger partial charge is 0.492 e. The smallest absolute Gasteiger partial charge is 0.265 e. The summed E-state index contributed by atoms with van der Waals surface area (Å²) >= 11 is 12.0. The molecule has 0 spiro atoms. The molecule has 0 aliphatic carbocycles. The standard InChI is InChI=1S/C26H24Cl2N2O4/c1-17-5-2-3-6-18(17)15-30-22-14-20(9-11-24(22)34-16-26(30)32)29-25(31)7-4-12-33-23-10-8-19(27)13-21(23)28/h2-3,5-6,8-11,13-14H,4,7,12,15-16H2,1H3,(H,29,31). The number of ether oxygens (including phenoxy) is 2. The van der Waals surface area contributed by atoms with Crippen LogP contribution in [0.2, 0.25) is 10.0 Å². The quantitative estimate of drug-likeness (QED) is 0.385. The van der Waals surface area contributed by atoms with E-state index in [2.05, 4.69) is 5.32 Å². The van der Waals surface area contributed by atoms with Crippen molar-refractivity contribution in [3.63, 3.8) is 0 Å². The Morgan fingerprint density at radius 3 is 2.74 bits per heavy atom. The van der Waals surface area contributed by atoms with E-state index in [0.717, 1.165) is 11.1 Å². The number of rotatable bonds is 8. The number of amides is 2. The number of hydrogen-bond acceptors (Lipinski definition) is 4. The minimum atomic E-state index is -0.153. The van der Waals surface area contributed by atoms with E-state index < -0.39 is 0 Å². The van der Waals surface area contributed by atoms with Crippen molar-refractivity contribution in [2.75, 3.05) is 23.4 Å². The van der Waals surface area contributed by atoms with Crippen LogP contribution in [-0.2, 0) is 16.1 Å². The Bertz CT molecular complexity index is 1220. The average molecular weight is 499 g/mol. The first-order valence-electron chi connectivity index (χ1n) is 10.9. The summed E-state index contributed by atoms with van der Waals surface area (Å²) in [6, 6.07) is 18.3. The van der Waals surface area contributed by atoms with Gasteiger partial charge in [-0.05, 0) is 60.9 Å². The molecule has 34 heavy (non-hydrogen) atoms. The van der Waals surface area contributed by atoms with Crippen molar-refractivity contribution in [2.24, 2.45) is 0 Å². The van der Waals surface area contributed by atoms with Crippen molar-refractivity contribution in [2.45, 2.75) is 26.3 Å². The molecule has 8 heteroatoms. The van der Waals surface area contributed by atoms with Gasteiger partial charge < -0.3 is 19.7 Å². The first-order valence-corrected chi connectivity index (χ1v) is 11.7. The highest BCUT2D eigenvalue weighted by Gasteiger charge is 2.26. The molecule has 2 amide bonds. The van der Waals surface area contributed by atoms with E-state index in [1.807, 2.05) is 31.2 Å². The van der Waals surface area contributed by atoms with Crippen LogP contribution in [-0.4, -0.2) is 25.0 Å². The highest BCUT2D eigenvalue weighted by molar-refractivity contribution is 6.35. The van der Waals surface area contributed by atoms with Gasteiger partial charge in [0.1, 0.15) is 11.5 Å². The molecule has 1 heterocycles. The molecule has 176 valence electrons. The molecule has 0 radical (unpaired) electrons. The SMILES string of the molecule is Cc1ccccc1CN1C(=O)COc2ccc(NC(=O)CCCOc3ccc(Cl)cc3Cl)cc21. The normalized spacial score (nSPS) is 12.7. The van der Waals surface area contributed by atoms with E-state index in [1.165, 1.54) is 0 Å². The van der Waals surface area contributed by atoms with Crippen LogP contribution >= 0.6 is 23.2 Å². The highest BCUT2D eigenvalue weighted by Crippen LogP contribution is 2.36. The molecule has 4 rings (SSSR count). The Labute approximate surface area is 208 Å². The number of benzene rings is 3. The molecule has 1 N–H and O–H groups in total. The maximum atomic E-state index is 12.6. The second kappa shape index (κ2) is 10.8. The Morgan fingerprint density at radius 2 is 1.94 bits per heavy atom. The molecule has 0 fully saturated rings. The van der Waals surface area contributed by atoms with Crippen LogP contribution in [0.3, 0.4) is 0 Å². The fourth-order valence-electron chi connectivity index (χ4n) is 3.64. The molecule has 0 saturated carbocycles. The van der Waals surface area contributed by atoms with E-state index in [-0.39, 0.29) is 24.8 Å². The number of aryl methyl sites for hydroxylation is 1. The van der Waals surface area contributed by atoms with Crippen LogP contribution in [0, 0.1) is 6.92 Å². The summed E-state index contributed by atoms with van der Waals surface area (Å²) in [5.41, 5.74) is 3.39. The number of fused-ring (bicyclic) bond motifs is 1. The summed E-state index contributed by atoms with van der Waals surface area (Å²) in [6.45, 7) is 2.78. The number of anilines is 2. The van der Waals surface area contributed by atoms with Gasteiger partial charge in [0, 0.05) is 17.1 Å². The van der Waals surface area contributed by atoms with Crippen LogP contribution in [0.15, 0.2) is 60.7 Å². The van der Waals surface area contributed by atoms with Crippen molar-refractivity contribution < 1.29 is 19.1 Å². The summed E-state index contributed by atoms with van der Waals surface area (Å²) in [4.78, 5) is 26.8. The molecule has 0 atom stereocenters. The fourth-order valence-corrected chi connectivity index (χ4v) is 4.10. The number of nitrogens with one attached hydrogen (secondary N) is 1.